The Morgan fingerprint density at radius 2 is 2.06 bits per heavy atom. The standard InChI is InChI=1S/C8H15O7P.Na.H/c1-4-5-7(13-8(9)6(2)3)14-15-16(10,11)12;;/h7H,2,4-5H2,1,3H3,(H2,10,11,12);;/q;+1;-1. The Bertz CT molecular complexity index is 306. The zero-order valence-electron chi connectivity index (χ0n) is 11.1. The smallest absolute Gasteiger partial charge is 1.00 e. The van der Waals surface area contributed by atoms with Crippen molar-refractivity contribution in [2.24, 2.45) is 0 Å². The molecule has 0 spiro atoms. The van der Waals surface area contributed by atoms with E-state index in [9.17, 15) is 9.36 Å². The number of esters is 1. The predicted octanol–water partition coefficient (Wildman–Crippen LogP) is -1.61. The summed E-state index contributed by atoms with van der Waals surface area (Å²) in [5.41, 5.74) is 0.154. The first-order valence-electron chi connectivity index (χ1n) is 4.53. The van der Waals surface area contributed by atoms with E-state index in [1.807, 2.05) is 0 Å². The molecule has 0 heterocycles. The number of ether oxygens (including phenoxy) is 1. The van der Waals surface area contributed by atoms with Crippen LogP contribution in [-0.4, -0.2) is 22.0 Å². The van der Waals surface area contributed by atoms with E-state index in [-0.39, 0.29) is 43.0 Å². The maximum absolute atomic E-state index is 11.1. The zero-order chi connectivity index (χ0) is 12.8. The van der Waals surface area contributed by atoms with E-state index in [1.165, 1.54) is 6.92 Å². The summed E-state index contributed by atoms with van der Waals surface area (Å²) in [5, 5.41) is 0. The summed E-state index contributed by atoms with van der Waals surface area (Å²) in [6, 6.07) is 0. The van der Waals surface area contributed by atoms with Gasteiger partial charge >= 0.3 is 43.3 Å². The van der Waals surface area contributed by atoms with E-state index in [0.29, 0.717) is 6.42 Å². The fraction of sp³-hybridized carbons (Fsp3) is 0.625. The first-order chi connectivity index (χ1) is 7.26. The second kappa shape index (κ2) is 9.24. The van der Waals surface area contributed by atoms with Crippen molar-refractivity contribution in [1.82, 2.24) is 0 Å². The van der Waals surface area contributed by atoms with Crippen molar-refractivity contribution < 1.29 is 64.4 Å². The summed E-state index contributed by atoms with van der Waals surface area (Å²) in [6.45, 7) is 6.57. The molecule has 0 aromatic rings. The van der Waals surface area contributed by atoms with E-state index < -0.39 is 20.1 Å². The van der Waals surface area contributed by atoms with Crippen LogP contribution in [0.1, 0.15) is 28.1 Å². The van der Waals surface area contributed by atoms with Gasteiger partial charge in [-0.3, -0.25) is 0 Å². The molecular weight excluding hydrogens is 262 g/mol. The molecule has 0 aromatic heterocycles. The van der Waals surface area contributed by atoms with Crippen LogP contribution in [0.2, 0.25) is 0 Å². The van der Waals surface area contributed by atoms with Crippen molar-refractivity contribution in [3.8, 4) is 0 Å². The molecule has 0 aliphatic heterocycles. The summed E-state index contributed by atoms with van der Waals surface area (Å²) in [4.78, 5) is 32.2. The van der Waals surface area contributed by atoms with Crippen molar-refractivity contribution in [1.29, 1.82) is 0 Å². The Labute approximate surface area is 123 Å². The van der Waals surface area contributed by atoms with Gasteiger partial charge in [-0.05, 0) is 6.92 Å². The van der Waals surface area contributed by atoms with Gasteiger partial charge in [0.2, 0.25) is 6.29 Å². The fourth-order valence-corrected chi connectivity index (χ4v) is 0.895. The summed E-state index contributed by atoms with van der Waals surface area (Å²) < 4.78 is 18.9. The first-order valence-corrected chi connectivity index (χ1v) is 6.06. The van der Waals surface area contributed by atoms with Gasteiger partial charge in [0.05, 0.1) is 0 Å². The molecule has 0 rings (SSSR count). The van der Waals surface area contributed by atoms with Crippen molar-refractivity contribution >= 4 is 13.8 Å². The zero-order valence-corrected chi connectivity index (χ0v) is 13.0. The second-order valence-electron chi connectivity index (χ2n) is 3.07. The topological polar surface area (TPSA) is 102 Å². The summed E-state index contributed by atoms with van der Waals surface area (Å²) in [5.74, 6) is -0.715. The van der Waals surface area contributed by atoms with Crippen LogP contribution in [0.15, 0.2) is 12.2 Å². The van der Waals surface area contributed by atoms with Crippen LogP contribution in [0.4, 0.5) is 0 Å². The molecule has 0 aliphatic rings. The molecule has 7 nitrogen and oxygen atoms in total. The number of hydrogen-bond acceptors (Lipinski definition) is 5. The molecule has 0 radical (unpaired) electrons. The molecule has 1 atom stereocenters. The van der Waals surface area contributed by atoms with Crippen LogP contribution in [0, 0.1) is 0 Å². The fourth-order valence-electron chi connectivity index (χ4n) is 0.686. The minimum atomic E-state index is -4.75. The van der Waals surface area contributed by atoms with Gasteiger partial charge in [-0.1, -0.05) is 19.9 Å². The largest absolute Gasteiger partial charge is 1.00 e. The summed E-state index contributed by atoms with van der Waals surface area (Å²) in [6.07, 6.45) is -0.334. The Hall–Kier alpha value is 0.280. The predicted molar refractivity (Wildman–Crippen MR) is 54.9 cm³/mol. The molecular formula is C8H16NaO7P. The van der Waals surface area contributed by atoms with Gasteiger partial charge < -0.3 is 16.0 Å². The minimum Gasteiger partial charge on any atom is -1.00 e. The molecule has 17 heavy (non-hydrogen) atoms. The van der Waals surface area contributed by atoms with Gasteiger partial charge in [0.15, 0.2) is 0 Å². The Morgan fingerprint density at radius 3 is 2.41 bits per heavy atom. The Balaban J connectivity index is -0.00000112. The Kier molecular flexibility index (Phi) is 10.7. The molecule has 1 unspecified atom stereocenters. The van der Waals surface area contributed by atoms with E-state index in [2.05, 4.69) is 16.1 Å². The van der Waals surface area contributed by atoms with Crippen LogP contribution in [0.3, 0.4) is 0 Å². The molecule has 0 saturated heterocycles. The third-order valence-electron chi connectivity index (χ3n) is 1.36. The van der Waals surface area contributed by atoms with Crippen molar-refractivity contribution in [3.05, 3.63) is 12.2 Å². The van der Waals surface area contributed by atoms with Crippen LogP contribution < -0.4 is 29.6 Å². The van der Waals surface area contributed by atoms with Gasteiger partial charge in [-0.15, -0.1) is 4.67 Å². The molecule has 9 heteroatoms. The minimum absolute atomic E-state index is 0. The van der Waals surface area contributed by atoms with Crippen molar-refractivity contribution in [2.45, 2.75) is 33.0 Å². The summed E-state index contributed by atoms with van der Waals surface area (Å²) >= 11 is 0. The molecule has 0 fully saturated rings. The van der Waals surface area contributed by atoms with Gasteiger partial charge in [-0.25, -0.2) is 9.36 Å². The van der Waals surface area contributed by atoms with Gasteiger partial charge in [-0.2, -0.15) is 4.89 Å². The third kappa shape index (κ3) is 11.1. The SMILES string of the molecule is C=C(C)C(=O)OC(CCC)OOP(=O)(O)O.[H-].[Na+]. The number of carbonyl (C=O) groups excluding carboxylic acids is 1. The van der Waals surface area contributed by atoms with E-state index >= 15 is 0 Å². The summed E-state index contributed by atoms with van der Waals surface area (Å²) in [7, 11) is -4.75. The molecule has 2 N–H and O–H groups in total. The maximum Gasteiger partial charge on any atom is 1.00 e. The molecule has 0 aliphatic carbocycles. The number of carbonyl (C=O) groups is 1. The van der Waals surface area contributed by atoms with Crippen molar-refractivity contribution in [2.75, 3.05) is 0 Å². The van der Waals surface area contributed by atoms with Crippen LogP contribution in [-0.2, 0) is 23.7 Å². The van der Waals surface area contributed by atoms with E-state index in [0.717, 1.165) is 0 Å². The van der Waals surface area contributed by atoms with Crippen LogP contribution in [0.5, 0.6) is 0 Å². The number of rotatable bonds is 7. The van der Waals surface area contributed by atoms with Crippen LogP contribution in [0.25, 0.3) is 0 Å². The molecule has 0 saturated carbocycles. The van der Waals surface area contributed by atoms with Gasteiger partial charge in [0.1, 0.15) is 0 Å². The van der Waals surface area contributed by atoms with Gasteiger partial charge in [0.25, 0.3) is 0 Å². The molecule has 0 amide bonds. The van der Waals surface area contributed by atoms with E-state index in [4.69, 9.17) is 14.5 Å². The van der Waals surface area contributed by atoms with Gasteiger partial charge in [0, 0.05) is 12.0 Å². The maximum atomic E-state index is 11.1. The second-order valence-corrected chi connectivity index (χ2v) is 4.20. The van der Waals surface area contributed by atoms with Crippen LogP contribution >= 0.6 is 7.82 Å². The molecule has 96 valence electrons. The first kappa shape index (κ1) is 19.6. The Morgan fingerprint density at radius 1 is 1.53 bits per heavy atom. The number of hydrogen-bond donors (Lipinski definition) is 2. The average molecular weight is 278 g/mol. The monoisotopic (exact) mass is 278 g/mol. The average Bonchev–Trinajstić information content (AvgIpc) is 2.13. The van der Waals surface area contributed by atoms with Crippen molar-refractivity contribution in [3.63, 3.8) is 0 Å². The third-order valence-corrected chi connectivity index (χ3v) is 1.64. The molecule has 0 bridgehead atoms. The number of phosphoric acid groups is 1. The molecule has 0 aromatic carbocycles. The normalized spacial score (nSPS) is 12.5. The quantitative estimate of drug-likeness (QED) is 0.110. The van der Waals surface area contributed by atoms with E-state index in [1.54, 1.807) is 6.92 Å².